The maximum Gasteiger partial charge on any atom is 0.414 e. The molecule has 3 rings (SSSR count). The van der Waals surface area contributed by atoms with Gasteiger partial charge >= 0.3 is 11.9 Å². The van der Waals surface area contributed by atoms with Crippen molar-refractivity contribution in [1.29, 1.82) is 0 Å². The lowest BCUT2D eigenvalue weighted by Gasteiger charge is -2.08. The van der Waals surface area contributed by atoms with Gasteiger partial charge in [0.1, 0.15) is 0 Å². The summed E-state index contributed by atoms with van der Waals surface area (Å²) in [6.07, 6.45) is 4.50. The van der Waals surface area contributed by atoms with Crippen LogP contribution in [0.2, 0.25) is 0 Å². The van der Waals surface area contributed by atoms with Crippen LogP contribution < -0.4 is 10.5 Å². The Labute approximate surface area is 208 Å². The molecule has 0 bridgehead atoms. The highest BCUT2D eigenvalue weighted by molar-refractivity contribution is 7.92. The Morgan fingerprint density at radius 3 is 2.25 bits per heavy atom. The first kappa shape index (κ1) is 28.2. The number of aromatic amines is 1. The maximum absolute atomic E-state index is 12.3. The molecule has 6 N–H and O–H groups in total. The Bertz CT molecular complexity index is 1350. The van der Waals surface area contributed by atoms with Crippen molar-refractivity contribution in [3.8, 4) is 0 Å². The number of nitrogens with one attached hydrogen (secondary N) is 2. The van der Waals surface area contributed by atoms with E-state index in [1.807, 2.05) is 38.5 Å². The number of H-pyrrole nitrogens is 1. The van der Waals surface area contributed by atoms with Crippen LogP contribution in [-0.4, -0.2) is 67.0 Å². The first-order valence-electron chi connectivity index (χ1n) is 10.7. The highest BCUT2D eigenvalue weighted by atomic mass is 32.2. The fourth-order valence-electron chi connectivity index (χ4n) is 3.04. The fourth-order valence-corrected chi connectivity index (χ4v) is 3.84. The molecule has 192 valence electrons. The summed E-state index contributed by atoms with van der Waals surface area (Å²) in [5, 5.41) is 17.0. The standard InChI is InChI=1S/C22H26N4O3S.C2H2O4/c1-26(2)11-9-19-15-24-21-8-5-16(13-20(19)21)10-12-30(28,29)25-14-17-3-6-18(7-4-17)22(23)27;3-1(4)2(5)6/h3-8,10,12-13,15,24-25H,9,11,14H2,1-2H3,(H2,23,27);(H,3,4)(H,5,6)/b12-10+;. The zero-order chi connectivity index (χ0) is 26.9. The van der Waals surface area contributed by atoms with Gasteiger partial charge in [-0.15, -0.1) is 0 Å². The van der Waals surface area contributed by atoms with Crippen LogP contribution >= 0.6 is 0 Å². The van der Waals surface area contributed by atoms with Gasteiger partial charge in [-0.3, -0.25) is 4.79 Å². The molecule has 0 spiro atoms. The number of nitrogens with two attached hydrogens (primary N) is 1. The van der Waals surface area contributed by atoms with E-state index in [1.165, 1.54) is 5.56 Å². The highest BCUT2D eigenvalue weighted by Crippen LogP contribution is 2.21. The highest BCUT2D eigenvalue weighted by Gasteiger charge is 2.08. The molecule has 36 heavy (non-hydrogen) atoms. The van der Waals surface area contributed by atoms with E-state index >= 15 is 0 Å². The summed E-state index contributed by atoms with van der Waals surface area (Å²) in [6, 6.07) is 12.3. The van der Waals surface area contributed by atoms with E-state index in [1.54, 1.807) is 30.3 Å². The molecule has 1 heterocycles. The Morgan fingerprint density at radius 2 is 1.69 bits per heavy atom. The lowest BCUT2D eigenvalue weighted by Crippen LogP contribution is -2.20. The van der Waals surface area contributed by atoms with Crippen LogP contribution in [-0.2, 0) is 32.6 Å². The van der Waals surface area contributed by atoms with E-state index < -0.39 is 27.9 Å². The largest absolute Gasteiger partial charge is 0.473 e. The molecule has 0 aliphatic heterocycles. The van der Waals surface area contributed by atoms with Crippen LogP contribution in [0.4, 0.5) is 0 Å². The Kier molecular flexibility index (Phi) is 9.91. The number of rotatable bonds is 9. The van der Waals surface area contributed by atoms with Gasteiger partial charge in [0, 0.05) is 41.2 Å². The zero-order valence-corrected chi connectivity index (χ0v) is 20.6. The summed E-state index contributed by atoms with van der Waals surface area (Å²) in [7, 11) is 0.457. The van der Waals surface area contributed by atoms with Crippen molar-refractivity contribution in [2.24, 2.45) is 5.73 Å². The molecule has 11 nitrogen and oxygen atoms in total. The zero-order valence-electron chi connectivity index (χ0n) is 19.8. The van der Waals surface area contributed by atoms with E-state index in [0.717, 1.165) is 40.4 Å². The fraction of sp³-hybridized carbons (Fsp3) is 0.208. The number of nitrogens with zero attached hydrogens (tertiary/aromatic N) is 1. The lowest BCUT2D eigenvalue weighted by molar-refractivity contribution is -0.159. The minimum Gasteiger partial charge on any atom is -0.473 e. The van der Waals surface area contributed by atoms with Crippen molar-refractivity contribution in [2.45, 2.75) is 13.0 Å². The number of amides is 1. The third-order valence-electron chi connectivity index (χ3n) is 4.96. The number of primary amides is 1. The van der Waals surface area contributed by atoms with Crippen molar-refractivity contribution in [3.63, 3.8) is 0 Å². The molecular formula is C24H28N4O7S. The lowest BCUT2D eigenvalue weighted by atomic mass is 10.1. The predicted molar refractivity (Wildman–Crippen MR) is 136 cm³/mol. The van der Waals surface area contributed by atoms with Crippen molar-refractivity contribution < 1.29 is 33.0 Å². The number of carbonyl (C=O) groups is 3. The molecule has 2 aromatic carbocycles. The van der Waals surface area contributed by atoms with Gasteiger partial charge in [0.2, 0.25) is 15.9 Å². The quantitative estimate of drug-likeness (QED) is 0.266. The van der Waals surface area contributed by atoms with E-state index in [0.29, 0.717) is 5.56 Å². The van der Waals surface area contributed by atoms with Crippen LogP contribution in [0, 0.1) is 0 Å². The van der Waals surface area contributed by atoms with E-state index in [-0.39, 0.29) is 6.54 Å². The maximum atomic E-state index is 12.3. The minimum atomic E-state index is -3.61. The van der Waals surface area contributed by atoms with E-state index in [4.69, 9.17) is 25.5 Å². The molecule has 0 saturated carbocycles. The summed E-state index contributed by atoms with van der Waals surface area (Å²) in [4.78, 5) is 34.7. The third kappa shape index (κ3) is 8.98. The summed E-state index contributed by atoms with van der Waals surface area (Å²) in [6.45, 7) is 1.06. The number of fused-ring (bicyclic) bond motifs is 1. The summed E-state index contributed by atoms with van der Waals surface area (Å²) >= 11 is 0. The number of hydrogen-bond acceptors (Lipinski definition) is 6. The first-order chi connectivity index (χ1) is 16.9. The summed E-state index contributed by atoms with van der Waals surface area (Å²) in [5.41, 5.74) is 9.36. The molecule has 0 unspecified atom stereocenters. The predicted octanol–water partition coefficient (Wildman–Crippen LogP) is 1.62. The topological polar surface area (TPSA) is 183 Å². The monoisotopic (exact) mass is 516 g/mol. The van der Waals surface area contributed by atoms with E-state index in [2.05, 4.69) is 14.6 Å². The molecule has 3 aromatic rings. The summed E-state index contributed by atoms with van der Waals surface area (Å²) in [5.74, 6) is -4.17. The van der Waals surface area contributed by atoms with E-state index in [9.17, 15) is 13.2 Å². The van der Waals surface area contributed by atoms with Gasteiger partial charge in [-0.25, -0.2) is 22.7 Å². The Hall–Kier alpha value is -4.00. The number of hydrogen-bond donors (Lipinski definition) is 5. The molecule has 0 aliphatic carbocycles. The van der Waals surface area contributed by atoms with Gasteiger partial charge in [0.15, 0.2) is 0 Å². The molecule has 0 aliphatic rings. The molecule has 0 radical (unpaired) electrons. The van der Waals surface area contributed by atoms with Gasteiger partial charge in [-0.05, 0) is 67.5 Å². The number of aromatic nitrogens is 1. The Morgan fingerprint density at radius 1 is 1.06 bits per heavy atom. The summed E-state index contributed by atoms with van der Waals surface area (Å²) < 4.78 is 27.2. The number of benzene rings is 2. The number of sulfonamides is 1. The average molecular weight is 517 g/mol. The van der Waals surface area contributed by atoms with Crippen LogP contribution in [0.1, 0.15) is 27.0 Å². The van der Waals surface area contributed by atoms with Gasteiger partial charge in [0.25, 0.3) is 0 Å². The van der Waals surface area contributed by atoms with Gasteiger partial charge in [0.05, 0.1) is 0 Å². The minimum absolute atomic E-state index is 0.122. The Balaban J connectivity index is 0.000000678. The van der Waals surface area contributed by atoms with Crippen molar-refractivity contribution in [2.75, 3.05) is 20.6 Å². The third-order valence-corrected chi connectivity index (χ3v) is 6.00. The SMILES string of the molecule is CN(C)CCc1c[nH]c2ccc(/C=C/S(=O)(=O)NCc3ccc(C(N)=O)cc3)cc12.O=C(O)C(=O)O. The smallest absolute Gasteiger partial charge is 0.414 e. The molecule has 0 fully saturated rings. The first-order valence-corrected chi connectivity index (χ1v) is 12.2. The second-order valence-corrected chi connectivity index (χ2v) is 9.66. The van der Waals surface area contributed by atoms with Crippen LogP contribution in [0.3, 0.4) is 0 Å². The van der Waals surface area contributed by atoms with Crippen molar-refractivity contribution >= 4 is 44.8 Å². The molecule has 0 atom stereocenters. The van der Waals surface area contributed by atoms with Crippen molar-refractivity contribution in [3.05, 3.63) is 76.3 Å². The second-order valence-electron chi connectivity index (χ2n) is 8.01. The molecular weight excluding hydrogens is 488 g/mol. The van der Waals surface area contributed by atoms with Crippen LogP contribution in [0.25, 0.3) is 17.0 Å². The van der Waals surface area contributed by atoms with Gasteiger partial charge in [-0.2, -0.15) is 0 Å². The number of carbonyl (C=O) groups excluding carboxylic acids is 1. The molecule has 1 amide bonds. The number of carboxylic acid groups (broad SMARTS) is 2. The van der Waals surface area contributed by atoms with Crippen LogP contribution in [0.5, 0.6) is 0 Å². The molecule has 1 aromatic heterocycles. The second kappa shape index (κ2) is 12.6. The van der Waals surface area contributed by atoms with Crippen LogP contribution in [0.15, 0.2) is 54.1 Å². The average Bonchev–Trinajstić information content (AvgIpc) is 3.23. The number of carboxylic acids is 2. The van der Waals surface area contributed by atoms with Gasteiger partial charge in [-0.1, -0.05) is 18.2 Å². The number of likely N-dealkylation sites (N-methyl/N-ethyl adjacent to an activating group) is 1. The number of aliphatic carboxylic acids is 2. The van der Waals surface area contributed by atoms with Crippen molar-refractivity contribution in [1.82, 2.24) is 14.6 Å². The molecule has 0 saturated heterocycles. The normalized spacial score (nSPS) is 11.4. The molecule has 12 heteroatoms. The van der Waals surface area contributed by atoms with Gasteiger partial charge < -0.3 is 25.8 Å².